The highest BCUT2D eigenvalue weighted by molar-refractivity contribution is 7.91. The van der Waals surface area contributed by atoms with Gasteiger partial charge < -0.3 is 5.32 Å². The van der Waals surface area contributed by atoms with E-state index in [-0.39, 0.29) is 15.4 Å². The minimum Gasteiger partial charge on any atom is -0.316 e. The molecule has 1 saturated heterocycles. The van der Waals surface area contributed by atoms with Crippen molar-refractivity contribution in [2.75, 3.05) is 25.9 Å². The van der Waals surface area contributed by atoms with E-state index in [2.05, 4.69) is 10.0 Å². The Kier molecular flexibility index (Phi) is 6.06. The molecule has 0 spiro atoms. The fraction of sp³-hybridized carbons (Fsp3) is 0.625. The number of hydrogen-bond donors (Lipinski definition) is 2. The number of piperidine rings is 1. The van der Waals surface area contributed by atoms with Crippen LogP contribution >= 0.6 is 0 Å². The van der Waals surface area contributed by atoms with Crippen LogP contribution < -0.4 is 10.0 Å². The summed E-state index contributed by atoms with van der Waals surface area (Å²) in [5, 5.41) is 3.31. The Labute approximate surface area is 145 Å². The van der Waals surface area contributed by atoms with Crippen LogP contribution in [0.2, 0.25) is 0 Å². The standard InChI is InChI=1S/C16H26N2O4S2/c1-12-9-15(23(3,19)20)13(2)16(10-12)24(21,22)18-8-6-14-5-4-7-17-11-14/h9-10,14,17-18H,4-8,11H2,1-3H3/t14-/m1/s1. The highest BCUT2D eigenvalue weighted by Crippen LogP contribution is 2.25. The van der Waals surface area contributed by atoms with Crippen molar-refractivity contribution >= 4 is 19.9 Å². The van der Waals surface area contributed by atoms with Crippen molar-refractivity contribution in [2.45, 2.75) is 42.9 Å². The van der Waals surface area contributed by atoms with Crippen molar-refractivity contribution in [3.05, 3.63) is 23.3 Å². The van der Waals surface area contributed by atoms with Crippen LogP contribution in [-0.4, -0.2) is 42.7 Å². The number of aryl methyl sites for hydroxylation is 1. The van der Waals surface area contributed by atoms with Gasteiger partial charge in [0.1, 0.15) is 0 Å². The van der Waals surface area contributed by atoms with Gasteiger partial charge in [0.2, 0.25) is 10.0 Å². The summed E-state index contributed by atoms with van der Waals surface area (Å²) in [5.74, 6) is 0.478. The van der Waals surface area contributed by atoms with Crippen LogP contribution in [0, 0.1) is 19.8 Å². The van der Waals surface area contributed by atoms with Crippen LogP contribution in [0.5, 0.6) is 0 Å². The summed E-state index contributed by atoms with van der Waals surface area (Å²) in [7, 11) is -7.21. The monoisotopic (exact) mass is 374 g/mol. The molecule has 1 atom stereocenters. The molecule has 136 valence electrons. The molecule has 1 aromatic rings. The van der Waals surface area contributed by atoms with Gasteiger partial charge in [0.05, 0.1) is 9.79 Å². The van der Waals surface area contributed by atoms with Gasteiger partial charge in [-0.25, -0.2) is 21.6 Å². The van der Waals surface area contributed by atoms with E-state index in [1.54, 1.807) is 6.92 Å². The van der Waals surface area contributed by atoms with E-state index in [1.807, 2.05) is 0 Å². The van der Waals surface area contributed by atoms with Gasteiger partial charge in [-0.2, -0.15) is 0 Å². The SMILES string of the molecule is Cc1cc(S(C)(=O)=O)c(C)c(S(=O)(=O)NCC[C@H]2CCCNC2)c1. The molecule has 0 aromatic heterocycles. The minimum absolute atomic E-state index is 0.0460. The molecule has 0 bridgehead atoms. The first kappa shape index (κ1) is 19.4. The number of nitrogens with one attached hydrogen (secondary N) is 2. The molecule has 1 aliphatic heterocycles. The van der Waals surface area contributed by atoms with Gasteiger partial charge in [0.15, 0.2) is 9.84 Å². The maximum Gasteiger partial charge on any atom is 0.240 e. The van der Waals surface area contributed by atoms with Crippen LogP contribution in [0.4, 0.5) is 0 Å². The van der Waals surface area contributed by atoms with Crippen molar-refractivity contribution in [3.63, 3.8) is 0 Å². The van der Waals surface area contributed by atoms with E-state index >= 15 is 0 Å². The number of sulfonamides is 1. The zero-order valence-electron chi connectivity index (χ0n) is 14.4. The molecule has 0 amide bonds. The van der Waals surface area contributed by atoms with Crippen LogP contribution in [0.25, 0.3) is 0 Å². The predicted octanol–water partition coefficient (Wildman–Crippen LogP) is 1.37. The number of hydrogen-bond acceptors (Lipinski definition) is 5. The quantitative estimate of drug-likeness (QED) is 0.785. The Morgan fingerprint density at radius 1 is 1.17 bits per heavy atom. The Bertz CT molecular complexity index is 796. The Balaban J connectivity index is 2.18. The Morgan fingerprint density at radius 3 is 2.42 bits per heavy atom. The third kappa shape index (κ3) is 4.78. The van der Waals surface area contributed by atoms with E-state index in [0.717, 1.165) is 38.6 Å². The van der Waals surface area contributed by atoms with Gasteiger partial charge in [-0.3, -0.25) is 0 Å². The summed E-state index contributed by atoms with van der Waals surface area (Å²) in [6, 6.07) is 3.03. The first-order valence-corrected chi connectivity index (χ1v) is 11.5. The molecular weight excluding hydrogens is 348 g/mol. The van der Waals surface area contributed by atoms with Gasteiger partial charge in [0, 0.05) is 12.8 Å². The van der Waals surface area contributed by atoms with Gasteiger partial charge >= 0.3 is 0 Å². The molecule has 2 N–H and O–H groups in total. The molecule has 0 unspecified atom stereocenters. The molecule has 2 rings (SSSR count). The second-order valence-corrected chi connectivity index (χ2v) is 10.3. The molecule has 0 aliphatic carbocycles. The first-order chi connectivity index (χ1) is 11.1. The largest absolute Gasteiger partial charge is 0.316 e. The Morgan fingerprint density at radius 2 is 1.83 bits per heavy atom. The van der Waals surface area contributed by atoms with Gasteiger partial charge in [-0.1, -0.05) is 0 Å². The molecule has 24 heavy (non-hydrogen) atoms. The molecule has 1 aliphatic rings. The van der Waals surface area contributed by atoms with E-state index in [1.165, 1.54) is 19.1 Å². The lowest BCUT2D eigenvalue weighted by molar-refractivity contribution is 0.358. The molecule has 0 saturated carbocycles. The lowest BCUT2D eigenvalue weighted by atomic mass is 9.96. The molecular formula is C16H26N2O4S2. The summed E-state index contributed by atoms with van der Waals surface area (Å²) in [6.45, 7) is 5.54. The van der Waals surface area contributed by atoms with E-state index in [4.69, 9.17) is 0 Å². The van der Waals surface area contributed by atoms with Crippen molar-refractivity contribution in [2.24, 2.45) is 5.92 Å². The minimum atomic E-state index is -3.73. The van der Waals surface area contributed by atoms with Crippen molar-refractivity contribution in [1.29, 1.82) is 0 Å². The number of benzene rings is 1. The normalized spacial score (nSPS) is 19.4. The molecule has 6 nitrogen and oxygen atoms in total. The van der Waals surface area contributed by atoms with E-state index in [0.29, 0.717) is 18.0 Å². The second-order valence-electron chi connectivity index (χ2n) is 6.56. The molecule has 1 aromatic carbocycles. The highest BCUT2D eigenvalue weighted by atomic mass is 32.2. The number of rotatable bonds is 6. The number of sulfone groups is 1. The molecule has 8 heteroatoms. The van der Waals surface area contributed by atoms with E-state index < -0.39 is 19.9 Å². The van der Waals surface area contributed by atoms with Gasteiger partial charge in [-0.15, -0.1) is 0 Å². The van der Waals surface area contributed by atoms with Gasteiger partial charge in [0.25, 0.3) is 0 Å². The zero-order valence-corrected chi connectivity index (χ0v) is 16.1. The van der Waals surface area contributed by atoms with Crippen LogP contribution in [0.3, 0.4) is 0 Å². The Hall–Kier alpha value is -0.960. The van der Waals surface area contributed by atoms with Crippen LogP contribution in [0.1, 0.15) is 30.4 Å². The van der Waals surface area contributed by atoms with Crippen LogP contribution in [0.15, 0.2) is 21.9 Å². The fourth-order valence-corrected chi connectivity index (χ4v) is 5.63. The third-order valence-corrected chi connectivity index (χ3v) is 7.20. The summed E-state index contributed by atoms with van der Waals surface area (Å²) in [6.07, 6.45) is 4.09. The average Bonchev–Trinajstić information content (AvgIpc) is 2.49. The lowest BCUT2D eigenvalue weighted by Gasteiger charge is -2.22. The maximum atomic E-state index is 12.6. The zero-order chi connectivity index (χ0) is 18.0. The molecule has 1 heterocycles. The summed E-state index contributed by atoms with van der Waals surface area (Å²) in [5.41, 5.74) is 0.882. The second kappa shape index (κ2) is 7.51. The summed E-state index contributed by atoms with van der Waals surface area (Å²) in [4.78, 5) is 0.115. The van der Waals surface area contributed by atoms with Crippen molar-refractivity contribution in [1.82, 2.24) is 10.0 Å². The lowest BCUT2D eigenvalue weighted by Crippen LogP contribution is -2.33. The highest BCUT2D eigenvalue weighted by Gasteiger charge is 2.23. The maximum absolute atomic E-state index is 12.6. The molecule has 0 radical (unpaired) electrons. The van der Waals surface area contributed by atoms with Crippen molar-refractivity contribution in [3.8, 4) is 0 Å². The smallest absolute Gasteiger partial charge is 0.240 e. The van der Waals surface area contributed by atoms with Gasteiger partial charge in [-0.05, 0) is 75.4 Å². The average molecular weight is 375 g/mol. The third-order valence-electron chi connectivity index (χ3n) is 4.39. The topological polar surface area (TPSA) is 92.3 Å². The molecule has 1 fully saturated rings. The predicted molar refractivity (Wildman–Crippen MR) is 94.4 cm³/mol. The first-order valence-electron chi connectivity index (χ1n) is 8.13. The van der Waals surface area contributed by atoms with Crippen LogP contribution in [-0.2, 0) is 19.9 Å². The summed E-state index contributed by atoms with van der Waals surface area (Å²) < 4.78 is 51.6. The van der Waals surface area contributed by atoms with E-state index in [9.17, 15) is 16.8 Å². The summed E-state index contributed by atoms with van der Waals surface area (Å²) >= 11 is 0. The fourth-order valence-electron chi connectivity index (χ4n) is 3.10. The van der Waals surface area contributed by atoms with Crippen molar-refractivity contribution < 1.29 is 16.8 Å².